The zero-order chi connectivity index (χ0) is 12.5. The van der Waals surface area contributed by atoms with Crippen LogP contribution in [-0.4, -0.2) is 16.5 Å². The van der Waals surface area contributed by atoms with Crippen molar-refractivity contribution in [2.24, 2.45) is 0 Å². The lowest BCUT2D eigenvalue weighted by Crippen LogP contribution is -2.32. The first kappa shape index (κ1) is 11.0. The van der Waals surface area contributed by atoms with Gasteiger partial charge in [0.15, 0.2) is 5.82 Å². The summed E-state index contributed by atoms with van der Waals surface area (Å²) in [5, 5.41) is 0. The number of rotatable bonds is 1. The third-order valence-electron chi connectivity index (χ3n) is 3.20. The van der Waals surface area contributed by atoms with Crippen molar-refractivity contribution in [3.05, 3.63) is 47.5 Å². The maximum absolute atomic E-state index is 12.8. The normalized spacial score (nSPS) is 14.4. The van der Waals surface area contributed by atoms with Crippen LogP contribution in [0.5, 0.6) is 0 Å². The molecule has 0 radical (unpaired) electrons. The predicted octanol–water partition coefficient (Wildman–Crippen LogP) is 1.76. The first-order valence-corrected chi connectivity index (χ1v) is 5.83. The van der Waals surface area contributed by atoms with Crippen LogP contribution in [-0.2, 0) is 13.0 Å². The summed E-state index contributed by atoms with van der Waals surface area (Å²) in [5.74, 6) is 0.126. The van der Waals surface area contributed by atoms with Gasteiger partial charge < -0.3 is 10.6 Å². The summed E-state index contributed by atoms with van der Waals surface area (Å²) < 4.78 is 12.8. The van der Waals surface area contributed by atoms with Crippen molar-refractivity contribution in [2.75, 3.05) is 17.2 Å². The highest BCUT2D eigenvalue weighted by Crippen LogP contribution is 2.25. The number of aromatic nitrogens is 2. The number of halogens is 1. The number of hydrogen-bond acceptors (Lipinski definition) is 4. The van der Waals surface area contributed by atoms with Crippen molar-refractivity contribution in [1.29, 1.82) is 0 Å². The standard InChI is InChI=1S/C13H13FN4/c14-10-6-16-13(17-7-10)18-5-4-9-2-1-3-12(15)11(9)8-18/h1-3,6-7H,4-5,8,15H2. The van der Waals surface area contributed by atoms with E-state index in [1.807, 2.05) is 17.0 Å². The second-order valence-electron chi connectivity index (χ2n) is 4.36. The second kappa shape index (κ2) is 4.25. The summed E-state index contributed by atoms with van der Waals surface area (Å²) in [4.78, 5) is 10.0. The molecule has 2 heterocycles. The number of anilines is 2. The molecular formula is C13H13FN4. The van der Waals surface area contributed by atoms with Crippen LogP contribution in [0, 0.1) is 5.82 Å². The van der Waals surface area contributed by atoms with Crippen LogP contribution in [0.25, 0.3) is 0 Å². The Balaban J connectivity index is 1.90. The van der Waals surface area contributed by atoms with Crippen molar-refractivity contribution >= 4 is 11.6 Å². The van der Waals surface area contributed by atoms with Gasteiger partial charge in [-0.3, -0.25) is 0 Å². The van der Waals surface area contributed by atoms with Crippen molar-refractivity contribution in [2.45, 2.75) is 13.0 Å². The molecule has 0 atom stereocenters. The Kier molecular flexibility index (Phi) is 2.59. The van der Waals surface area contributed by atoms with Crippen LogP contribution in [0.1, 0.15) is 11.1 Å². The summed E-state index contributed by atoms with van der Waals surface area (Å²) in [6.07, 6.45) is 3.28. The van der Waals surface area contributed by atoms with Crippen LogP contribution in [0.2, 0.25) is 0 Å². The highest BCUT2D eigenvalue weighted by atomic mass is 19.1. The van der Waals surface area contributed by atoms with Crippen LogP contribution >= 0.6 is 0 Å². The van der Waals surface area contributed by atoms with Crippen LogP contribution in [0.4, 0.5) is 16.0 Å². The summed E-state index contributed by atoms with van der Waals surface area (Å²) >= 11 is 0. The van der Waals surface area contributed by atoms with E-state index in [4.69, 9.17) is 5.73 Å². The van der Waals surface area contributed by atoms with E-state index >= 15 is 0 Å². The fourth-order valence-corrected chi connectivity index (χ4v) is 2.25. The van der Waals surface area contributed by atoms with Gasteiger partial charge >= 0.3 is 0 Å². The quantitative estimate of drug-likeness (QED) is 0.777. The van der Waals surface area contributed by atoms with E-state index in [9.17, 15) is 4.39 Å². The van der Waals surface area contributed by atoms with Gasteiger partial charge in [-0.05, 0) is 23.6 Å². The lowest BCUT2D eigenvalue weighted by atomic mass is 9.98. The molecule has 0 spiro atoms. The van der Waals surface area contributed by atoms with Crippen LogP contribution < -0.4 is 10.6 Å². The summed E-state index contributed by atoms with van der Waals surface area (Å²) in [6, 6.07) is 5.96. The fraction of sp³-hybridized carbons (Fsp3) is 0.231. The molecule has 3 rings (SSSR count). The lowest BCUT2D eigenvalue weighted by Gasteiger charge is -2.29. The van der Waals surface area contributed by atoms with E-state index in [2.05, 4.69) is 16.0 Å². The smallest absolute Gasteiger partial charge is 0.225 e. The number of nitrogens with zero attached hydrogens (tertiary/aromatic N) is 3. The van der Waals surface area contributed by atoms with Gasteiger partial charge in [-0.1, -0.05) is 12.1 Å². The lowest BCUT2D eigenvalue weighted by molar-refractivity contribution is 0.608. The minimum atomic E-state index is -0.421. The Morgan fingerprint density at radius 1 is 1.22 bits per heavy atom. The van der Waals surface area contributed by atoms with E-state index < -0.39 is 5.82 Å². The van der Waals surface area contributed by atoms with E-state index in [0.717, 1.165) is 24.2 Å². The molecule has 2 aromatic rings. The second-order valence-corrected chi connectivity index (χ2v) is 4.36. The number of hydrogen-bond donors (Lipinski definition) is 1. The Morgan fingerprint density at radius 2 is 2.00 bits per heavy atom. The number of benzene rings is 1. The zero-order valence-corrected chi connectivity index (χ0v) is 9.81. The molecule has 0 saturated carbocycles. The molecule has 0 saturated heterocycles. The molecule has 0 aliphatic carbocycles. The largest absolute Gasteiger partial charge is 0.398 e. The molecule has 0 fully saturated rings. The maximum Gasteiger partial charge on any atom is 0.225 e. The van der Waals surface area contributed by atoms with E-state index in [0.29, 0.717) is 12.5 Å². The molecule has 0 unspecified atom stereocenters. The molecule has 1 aliphatic rings. The van der Waals surface area contributed by atoms with Crippen molar-refractivity contribution in [1.82, 2.24) is 9.97 Å². The monoisotopic (exact) mass is 244 g/mol. The molecule has 1 aromatic heterocycles. The first-order chi connectivity index (χ1) is 8.74. The summed E-state index contributed by atoms with van der Waals surface area (Å²) in [7, 11) is 0. The minimum absolute atomic E-state index is 0.421. The van der Waals surface area contributed by atoms with Crippen molar-refractivity contribution in [3.63, 3.8) is 0 Å². The predicted molar refractivity (Wildman–Crippen MR) is 67.6 cm³/mol. The average molecular weight is 244 g/mol. The molecule has 5 heteroatoms. The third-order valence-corrected chi connectivity index (χ3v) is 3.20. The molecular weight excluding hydrogens is 231 g/mol. The third kappa shape index (κ3) is 1.88. The average Bonchev–Trinajstić information content (AvgIpc) is 2.40. The van der Waals surface area contributed by atoms with Crippen LogP contribution in [0.3, 0.4) is 0 Å². The summed E-state index contributed by atoms with van der Waals surface area (Å²) in [6.45, 7) is 1.50. The van der Waals surface area contributed by atoms with E-state index in [1.54, 1.807) is 0 Å². The maximum atomic E-state index is 12.8. The highest BCUT2D eigenvalue weighted by molar-refractivity contribution is 5.54. The SMILES string of the molecule is Nc1cccc2c1CN(c1ncc(F)cn1)CC2. The van der Waals surface area contributed by atoms with Gasteiger partial charge in [-0.25, -0.2) is 14.4 Å². The van der Waals surface area contributed by atoms with Crippen LogP contribution in [0.15, 0.2) is 30.6 Å². The van der Waals surface area contributed by atoms with Crippen molar-refractivity contribution in [3.8, 4) is 0 Å². The van der Waals surface area contributed by atoms with Gasteiger partial charge in [0.25, 0.3) is 0 Å². The Morgan fingerprint density at radius 3 is 2.78 bits per heavy atom. The number of fused-ring (bicyclic) bond motifs is 1. The molecule has 1 aliphatic heterocycles. The molecule has 0 bridgehead atoms. The van der Waals surface area contributed by atoms with Gasteiger partial charge in [-0.15, -0.1) is 0 Å². The van der Waals surface area contributed by atoms with Crippen molar-refractivity contribution < 1.29 is 4.39 Å². The summed E-state index contributed by atoms with van der Waals surface area (Å²) in [5.41, 5.74) is 9.16. The topological polar surface area (TPSA) is 55.0 Å². The minimum Gasteiger partial charge on any atom is -0.398 e. The first-order valence-electron chi connectivity index (χ1n) is 5.83. The number of nitrogen functional groups attached to an aromatic ring is 1. The Labute approximate surface area is 104 Å². The molecule has 4 nitrogen and oxygen atoms in total. The number of nitrogens with two attached hydrogens (primary N) is 1. The van der Waals surface area contributed by atoms with Gasteiger partial charge in [0, 0.05) is 18.8 Å². The highest BCUT2D eigenvalue weighted by Gasteiger charge is 2.19. The van der Waals surface area contributed by atoms with Gasteiger partial charge in [-0.2, -0.15) is 0 Å². The molecule has 1 aromatic carbocycles. The molecule has 18 heavy (non-hydrogen) atoms. The Bertz CT molecular complexity index is 568. The van der Waals surface area contributed by atoms with Gasteiger partial charge in [0.1, 0.15) is 0 Å². The van der Waals surface area contributed by atoms with Gasteiger partial charge in [0.2, 0.25) is 5.95 Å². The van der Waals surface area contributed by atoms with E-state index in [-0.39, 0.29) is 0 Å². The molecule has 92 valence electrons. The molecule has 2 N–H and O–H groups in total. The van der Waals surface area contributed by atoms with E-state index in [1.165, 1.54) is 18.0 Å². The van der Waals surface area contributed by atoms with Gasteiger partial charge in [0.05, 0.1) is 12.4 Å². The Hall–Kier alpha value is -2.17. The zero-order valence-electron chi connectivity index (χ0n) is 9.81. The fourth-order valence-electron chi connectivity index (χ4n) is 2.25. The molecule has 0 amide bonds.